The number of halogens is 1. The summed E-state index contributed by atoms with van der Waals surface area (Å²) >= 11 is 1.74. The minimum Gasteiger partial charge on any atom is -0.381 e. The van der Waals surface area contributed by atoms with Gasteiger partial charge in [-0.2, -0.15) is 0 Å². The van der Waals surface area contributed by atoms with Gasteiger partial charge in [-0.25, -0.2) is 4.39 Å². The zero-order valence-electron chi connectivity index (χ0n) is 16.2. The van der Waals surface area contributed by atoms with Gasteiger partial charge in [-0.3, -0.25) is 4.99 Å². The van der Waals surface area contributed by atoms with E-state index in [0.29, 0.717) is 5.92 Å². The first kappa shape index (κ1) is 22.0. The van der Waals surface area contributed by atoms with Gasteiger partial charge in [0.1, 0.15) is 5.82 Å². The van der Waals surface area contributed by atoms with Crippen molar-refractivity contribution in [1.29, 1.82) is 0 Å². The Hall–Kier alpha value is -1.31. The lowest BCUT2D eigenvalue weighted by atomic mass is 10.0. The Kier molecular flexibility index (Phi) is 11.2. The van der Waals surface area contributed by atoms with Crippen molar-refractivity contribution in [3.63, 3.8) is 0 Å². The number of aliphatic imine (C=N–C) groups is 1. The van der Waals surface area contributed by atoms with Crippen molar-refractivity contribution in [2.24, 2.45) is 10.9 Å². The number of hydrogen-bond acceptors (Lipinski definition) is 4. The molecule has 1 aliphatic heterocycles. The molecule has 0 aromatic heterocycles. The van der Waals surface area contributed by atoms with Gasteiger partial charge in [-0.05, 0) is 61.6 Å². The molecule has 1 aliphatic rings. The molecule has 0 amide bonds. The van der Waals surface area contributed by atoms with E-state index in [-0.39, 0.29) is 5.82 Å². The Labute approximate surface area is 166 Å². The molecular weight excluding hydrogens is 365 g/mol. The van der Waals surface area contributed by atoms with Crippen LogP contribution in [0, 0.1) is 11.7 Å². The molecule has 0 saturated carbocycles. The second-order valence-electron chi connectivity index (χ2n) is 6.57. The van der Waals surface area contributed by atoms with Crippen LogP contribution in [0.3, 0.4) is 0 Å². The number of nitrogens with zero attached hydrogens (tertiary/aromatic N) is 1. The third-order valence-electron chi connectivity index (χ3n) is 4.37. The molecule has 0 radical (unpaired) electrons. The van der Waals surface area contributed by atoms with Crippen molar-refractivity contribution in [3.8, 4) is 0 Å². The molecule has 0 aliphatic carbocycles. The van der Waals surface area contributed by atoms with Gasteiger partial charge >= 0.3 is 0 Å². The summed E-state index contributed by atoms with van der Waals surface area (Å²) in [4.78, 5) is 5.33. The number of nitrogens with one attached hydrogen (secondary N) is 2. The number of benzene rings is 1. The Morgan fingerprint density at radius 2 is 1.89 bits per heavy atom. The third-order valence-corrected chi connectivity index (χ3v) is 5.47. The van der Waals surface area contributed by atoms with E-state index in [4.69, 9.17) is 9.47 Å². The number of hydrogen-bond donors (Lipinski definition) is 2. The molecule has 1 aromatic rings. The average Bonchev–Trinajstić information content (AvgIpc) is 2.71. The molecule has 7 heteroatoms. The summed E-state index contributed by atoms with van der Waals surface area (Å²) in [5.41, 5.74) is 0. The van der Waals surface area contributed by atoms with Crippen LogP contribution in [0.25, 0.3) is 0 Å². The zero-order valence-corrected chi connectivity index (χ0v) is 17.0. The lowest BCUT2D eigenvalue weighted by Gasteiger charge is -2.21. The predicted molar refractivity (Wildman–Crippen MR) is 110 cm³/mol. The first-order valence-electron chi connectivity index (χ1n) is 9.76. The molecule has 1 saturated heterocycles. The lowest BCUT2D eigenvalue weighted by molar-refractivity contribution is 0.0203. The molecule has 27 heavy (non-hydrogen) atoms. The summed E-state index contributed by atoms with van der Waals surface area (Å²) in [6, 6.07) is 6.63. The molecule has 5 nitrogen and oxygen atoms in total. The molecule has 1 aromatic carbocycles. The fourth-order valence-corrected chi connectivity index (χ4v) is 3.62. The summed E-state index contributed by atoms with van der Waals surface area (Å²) < 4.78 is 24.0. The Balaban J connectivity index is 1.43. The predicted octanol–water partition coefficient (Wildman–Crippen LogP) is 3.31. The van der Waals surface area contributed by atoms with Crippen LogP contribution in [0.15, 0.2) is 34.2 Å². The van der Waals surface area contributed by atoms with Gasteiger partial charge < -0.3 is 20.1 Å². The summed E-state index contributed by atoms with van der Waals surface area (Å²) in [5.74, 6) is 2.28. The van der Waals surface area contributed by atoms with Crippen LogP contribution >= 0.6 is 11.8 Å². The summed E-state index contributed by atoms with van der Waals surface area (Å²) in [5, 5.41) is 6.63. The van der Waals surface area contributed by atoms with Crippen molar-refractivity contribution in [3.05, 3.63) is 30.1 Å². The van der Waals surface area contributed by atoms with Gasteiger partial charge in [0.25, 0.3) is 0 Å². The second kappa shape index (κ2) is 13.8. The average molecular weight is 398 g/mol. The van der Waals surface area contributed by atoms with Crippen LogP contribution in [0.4, 0.5) is 4.39 Å². The summed E-state index contributed by atoms with van der Waals surface area (Å²) in [6.45, 7) is 5.07. The fourth-order valence-electron chi connectivity index (χ4n) is 2.76. The Morgan fingerprint density at radius 3 is 2.59 bits per heavy atom. The number of ether oxygens (including phenoxy) is 2. The van der Waals surface area contributed by atoms with Gasteiger partial charge in [0.15, 0.2) is 5.96 Å². The van der Waals surface area contributed by atoms with E-state index >= 15 is 0 Å². The first-order chi connectivity index (χ1) is 13.3. The Bertz CT molecular complexity index is 537. The van der Waals surface area contributed by atoms with Crippen molar-refractivity contribution >= 4 is 17.7 Å². The highest BCUT2D eigenvalue weighted by Gasteiger charge is 2.13. The minimum atomic E-state index is -0.190. The maximum Gasteiger partial charge on any atom is 0.190 e. The third kappa shape index (κ3) is 9.98. The highest BCUT2D eigenvalue weighted by atomic mass is 32.2. The van der Waals surface area contributed by atoms with Crippen LogP contribution in [-0.4, -0.2) is 58.3 Å². The summed E-state index contributed by atoms with van der Waals surface area (Å²) in [6.07, 6.45) is 4.21. The van der Waals surface area contributed by atoms with Crippen LogP contribution < -0.4 is 10.6 Å². The monoisotopic (exact) mass is 397 g/mol. The van der Waals surface area contributed by atoms with E-state index in [2.05, 4.69) is 15.6 Å². The van der Waals surface area contributed by atoms with E-state index in [9.17, 15) is 4.39 Å². The number of guanidine groups is 1. The van der Waals surface area contributed by atoms with E-state index in [1.807, 2.05) is 12.1 Å². The zero-order chi connectivity index (χ0) is 19.2. The van der Waals surface area contributed by atoms with Crippen LogP contribution in [-0.2, 0) is 9.47 Å². The topological polar surface area (TPSA) is 54.9 Å². The highest BCUT2D eigenvalue weighted by molar-refractivity contribution is 7.99. The molecule has 2 N–H and O–H groups in total. The van der Waals surface area contributed by atoms with E-state index in [0.717, 1.165) is 81.8 Å². The quantitative estimate of drug-likeness (QED) is 0.260. The van der Waals surface area contributed by atoms with Crippen molar-refractivity contribution in [2.45, 2.75) is 30.6 Å². The SMILES string of the molecule is CN=C(NCCCOCC1CCOCC1)NCCCSc1ccc(F)cc1. The molecule has 0 spiro atoms. The highest BCUT2D eigenvalue weighted by Crippen LogP contribution is 2.18. The number of rotatable bonds is 11. The maximum atomic E-state index is 12.9. The second-order valence-corrected chi connectivity index (χ2v) is 7.73. The lowest BCUT2D eigenvalue weighted by Crippen LogP contribution is -2.38. The minimum absolute atomic E-state index is 0.190. The maximum absolute atomic E-state index is 12.9. The van der Waals surface area contributed by atoms with Crippen molar-refractivity contribution in [1.82, 2.24) is 10.6 Å². The van der Waals surface area contributed by atoms with Crippen LogP contribution in [0.5, 0.6) is 0 Å². The standard InChI is InChI=1S/C20H32FN3O2S/c1-22-20(23-10-2-12-26-16-17-8-13-25-14-9-17)24-11-3-15-27-19-6-4-18(21)5-7-19/h4-7,17H,2-3,8-16H2,1H3,(H2,22,23,24). The van der Waals surface area contributed by atoms with E-state index in [1.54, 1.807) is 18.8 Å². The largest absolute Gasteiger partial charge is 0.381 e. The smallest absolute Gasteiger partial charge is 0.190 e. The fraction of sp³-hybridized carbons (Fsp3) is 0.650. The van der Waals surface area contributed by atoms with Gasteiger partial charge in [0.05, 0.1) is 0 Å². The molecule has 0 unspecified atom stereocenters. The van der Waals surface area contributed by atoms with Crippen molar-refractivity contribution < 1.29 is 13.9 Å². The Morgan fingerprint density at radius 1 is 1.19 bits per heavy atom. The van der Waals surface area contributed by atoms with E-state index in [1.165, 1.54) is 12.1 Å². The number of thioether (sulfide) groups is 1. The van der Waals surface area contributed by atoms with Gasteiger partial charge in [-0.1, -0.05) is 0 Å². The van der Waals surface area contributed by atoms with Gasteiger partial charge in [0.2, 0.25) is 0 Å². The van der Waals surface area contributed by atoms with Crippen LogP contribution in [0.1, 0.15) is 25.7 Å². The normalized spacial score (nSPS) is 15.7. The first-order valence-corrected chi connectivity index (χ1v) is 10.7. The molecule has 2 rings (SSSR count). The van der Waals surface area contributed by atoms with E-state index < -0.39 is 0 Å². The van der Waals surface area contributed by atoms with Gasteiger partial charge in [0, 0.05) is 51.5 Å². The van der Waals surface area contributed by atoms with Crippen LogP contribution in [0.2, 0.25) is 0 Å². The molecule has 1 heterocycles. The van der Waals surface area contributed by atoms with Gasteiger partial charge in [-0.15, -0.1) is 11.8 Å². The molecule has 1 fully saturated rings. The molecule has 0 bridgehead atoms. The molecule has 152 valence electrons. The summed E-state index contributed by atoms with van der Waals surface area (Å²) in [7, 11) is 1.78. The van der Waals surface area contributed by atoms with Crippen molar-refractivity contribution in [2.75, 3.05) is 52.3 Å². The molecule has 0 atom stereocenters. The molecular formula is C20H32FN3O2S.